The summed E-state index contributed by atoms with van der Waals surface area (Å²) in [5.74, 6) is -0.642. The van der Waals surface area contributed by atoms with Crippen molar-refractivity contribution in [2.24, 2.45) is 0 Å². The van der Waals surface area contributed by atoms with E-state index in [1.54, 1.807) is 0 Å². The molecule has 0 spiro atoms. The van der Waals surface area contributed by atoms with Gasteiger partial charge in [0.15, 0.2) is 0 Å². The number of amides is 2. The van der Waals surface area contributed by atoms with Gasteiger partial charge in [0.1, 0.15) is 6.73 Å². The molecule has 4 heteroatoms. The highest BCUT2D eigenvalue weighted by Crippen LogP contribution is 2.05. The van der Waals surface area contributed by atoms with Crippen LogP contribution in [0.2, 0.25) is 0 Å². The van der Waals surface area contributed by atoms with Crippen molar-refractivity contribution in [1.29, 1.82) is 0 Å². The number of benzene rings is 1. The van der Waals surface area contributed by atoms with Gasteiger partial charge in [-0.05, 0) is 5.56 Å². The number of ether oxygens (including phenoxy) is 1. The molecule has 1 aromatic rings. The molecule has 1 aliphatic rings. The van der Waals surface area contributed by atoms with Gasteiger partial charge in [0.25, 0.3) is 11.8 Å². The largest absolute Gasteiger partial charge is 0.356 e. The molecule has 0 saturated carbocycles. The molecule has 1 aromatic carbocycles. The van der Waals surface area contributed by atoms with E-state index in [2.05, 4.69) is 0 Å². The maximum Gasteiger partial charge on any atom is 0.255 e. The van der Waals surface area contributed by atoms with Gasteiger partial charge in [0, 0.05) is 12.2 Å². The van der Waals surface area contributed by atoms with Crippen molar-refractivity contribution in [2.45, 2.75) is 6.61 Å². The van der Waals surface area contributed by atoms with Crippen LogP contribution in [0.3, 0.4) is 0 Å². The van der Waals surface area contributed by atoms with Crippen molar-refractivity contribution in [3.63, 3.8) is 0 Å². The monoisotopic (exact) mass is 217 g/mol. The first-order chi connectivity index (χ1) is 7.77. The molecule has 0 atom stereocenters. The van der Waals surface area contributed by atoms with E-state index >= 15 is 0 Å². The van der Waals surface area contributed by atoms with E-state index in [1.165, 1.54) is 12.2 Å². The summed E-state index contributed by atoms with van der Waals surface area (Å²) in [4.78, 5) is 23.4. The van der Waals surface area contributed by atoms with Crippen molar-refractivity contribution in [3.8, 4) is 0 Å². The summed E-state index contributed by atoms with van der Waals surface area (Å²) in [6.45, 7) is 0.386. The lowest BCUT2D eigenvalue weighted by molar-refractivity contribution is -0.143. The van der Waals surface area contributed by atoms with Crippen LogP contribution in [-0.4, -0.2) is 23.4 Å². The van der Waals surface area contributed by atoms with Crippen LogP contribution in [0.1, 0.15) is 5.56 Å². The van der Waals surface area contributed by atoms with Gasteiger partial charge in [-0.1, -0.05) is 30.3 Å². The van der Waals surface area contributed by atoms with E-state index in [1.807, 2.05) is 30.3 Å². The van der Waals surface area contributed by atoms with E-state index < -0.39 is 0 Å². The number of hydrogen-bond donors (Lipinski definition) is 0. The molecule has 0 bridgehead atoms. The van der Waals surface area contributed by atoms with Gasteiger partial charge in [-0.15, -0.1) is 0 Å². The number of carbonyl (C=O) groups excluding carboxylic acids is 2. The first-order valence-electron chi connectivity index (χ1n) is 4.92. The topological polar surface area (TPSA) is 46.6 Å². The fraction of sp³-hybridized carbons (Fsp3) is 0.167. The fourth-order valence-electron chi connectivity index (χ4n) is 1.39. The van der Waals surface area contributed by atoms with E-state index in [-0.39, 0.29) is 18.5 Å². The molecule has 16 heavy (non-hydrogen) atoms. The van der Waals surface area contributed by atoms with Gasteiger partial charge < -0.3 is 4.74 Å². The maximum atomic E-state index is 11.2. The Labute approximate surface area is 93.1 Å². The Kier molecular flexibility index (Phi) is 3.12. The van der Waals surface area contributed by atoms with E-state index in [4.69, 9.17) is 4.74 Å². The molecule has 2 amide bonds. The van der Waals surface area contributed by atoms with Gasteiger partial charge in [-0.25, -0.2) is 0 Å². The Balaban J connectivity index is 1.81. The summed E-state index contributed by atoms with van der Waals surface area (Å²) >= 11 is 0. The molecule has 0 radical (unpaired) electrons. The van der Waals surface area contributed by atoms with Crippen LogP contribution < -0.4 is 0 Å². The number of hydrogen-bond acceptors (Lipinski definition) is 3. The highest BCUT2D eigenvalue weighted by molar-refractivity contribution is 6.12. The molecule has 1 heterocycles. The third kappa shape index (κ3) is 2.35. The number of carbonyl (C=O) groups is 2. The molecular weight excluding hydrogens is 206 g/mol. The highest BCUT2D eigenvalue weighted by atomic mass is 16.5. The maximum absolute atomic E-state index is 11.2. The highest BCUT2D eigenvalue weighted by Gasteiger charge is 2.22. The minimum absolute atomic E-state index is 0.000436. The Morgan fingerprint density at radius 2 is 1.62 bits per heavy atom. The first-order valence-corrected chi connectivity index (χ1v) is 4.92. The fourth-order valence-corrected chi connectivity index (χ4v) is 1.39. The smallest absolute Gasteiger partial charge is 0.255 e. The summed E-state index contributed by atoms with van der Waals surface area (Å²) in [6, 6.07) is 9.58. The van der Waals surface area contributed by atoms with Crippen molar-refractivity contribution >= 4 is 11.8 Å². The minimum Gasteiger partial charge on any atom is -0.356 e. The molecule has 0 unspecified atom stereocenters. The second-order valence-electron chi connectivity index (χ2n) is 3.40. The lowest BCUT2D eigenvalue weighted by atomic mass is 10.2. The molecule has 0 aromatic heterocycles. The van der Waals surface area contributed by atoms with Crippen molar-refractivity contribution in [2.75, 3.05) is 6.73 Å². The zero-order valence-electron chi connectivity index (χ0n) is 8.63. The molecule has 1 aliphatic heterocycles. The molecular formula is C12H11NO3. The van der Waals surface area contributed by atoms with Crippen LogP contribution in [0.5, 0.6) is 0 Å². The summed E-state index contributed by atoms with van der Waals surface area (Å²) in [7, 11) is 0. The zero-order valence-corrected chi connectivity index (χ0v) is 8.63. The van der Waals surface area contributed by atoms with Gasteiger partial charge in [0.2, 0.25) is 0 Å². The number of imide groups is 1. The van der Waals surface area contributed by atoms with Crippen LogP contribution >= 0.6 is 0 Å². The minimum atomic E-state index is -0.321. The van der Waals surface area contributed by atoms with E-state index in [0.29, 0.717) is 6.61 Å². The summed E-state index contributed by atoms with van der Waals surface area (Å²) < 4.78 is 5.29. The first kappa shape index (κ1) is 10.6. The second kappa shape index (κ2) is 4.72. The summed E-state index contributed by atoms with van der Waals surface area (Å²) in [5.41, 5.74) is 1.01. The molecule has 0 saturated heterocycles. The SMILES string of the molecule is O=C1C=CC(=O)N1COCc1ccccc1. The Bertz CT molecular complexity index is 407. The normalized spacial score (nSPS) is 14.9. The van der Waals surface area contributed by atoms with Gasteiger partial charge in [0.05, 0.1) is 6.61 Å². The Morgan fingerprint density at radius 1 is 1.00 bits per heavy atom. The average molecular weight is 217 g/mol. The van der Waals surface area contributed by atoms with Gasteiger partial charge in [-0.3, -0.25) is 14.5 Å². The number of nitrogens with zero attached hydrogens (tertiary/aromatic N) is 1. The zero-order chi connectivity index (χ0) is 11.4. The van der Waals surface area contributed by atoms with Crippen molar-refractivity contribution in [1.82, 2.24) is 4.90 Å². The number of rotatable bonds is 4. The molecule has 0 fully saturated rings. The summed E-state index contributed by atoms with van der Waals surface area (Å²) in [5, 5.41) is 0. The third-order valence-corrected chi connectivity index (χ3v) is 2.23. The molecule has 0 N–H and O–H groups in total. The lowest BCUT2D eigenvalue weighted by Gasteiger charge is -2.13. The average Bonchev–Trinajstić information content (AvgIpc) is 2.62. The van der Waals surface area contributed by atoms with Crippen molar-refractivity contribution < 1.29 is 14.3 Å². The third-order valence-electron chi connectivity index (χ3n) is 2.23. The van der Waals surface area contributed by atoms with Crippen LogP contribution in [0.25, 0.3) is 0 Å². The Hall–Kier alpha value is -1.94. The lowest BCUT2D eigenvalue weighted by Crippen LogP contribution is -2.32. The Morgan fingerprint density at radius 3 is 2.25 bits per heavy atom. The predicted molar refractivity (Wildman–Crippen MR) is 57.1 cm³/mol. The molecule has 4 nitrogen and oxygen atoms in total. The van der Waals surface area contributed by atoms with E-state index in [9.17, 15) is 9.59 Å². The molecule has 2 rings (SSSR count). The second-order valence-corrected chi connectivity index (χ2v) is 3.40. The van der Waals surface area contributed by atoms with Crippen LogP contribution in [0.4, 0.5) is 0 Å². The molecule has 82 valence electrons. The summed E-state index contributed by atoms with van der Waals surface area (Å²) in [6.07, 6.45) is 2.49. The van der Waals surface area contributed by atoms with Crippen LogP contribution in [0, 0.1) is 0 Å². The van der Waals surface area contributed by atoms with Gasteiger partial charge >= 0.3 is 0 Å². The molecule has 0 aliphatic carbocycles. The standard InChI is InChI=1S/C12H11NO3/c14-11-6-7-12(15)13(11)9-16-8-10-4-2-1-3-5-10/h1-7H,8-9H2. The predicted octanol–water partition coefficient (Wildman–Crippen LogP) is 1.09. The van der Waals surface area contributed by atoms with Crippen LogP contribution in [-0.2, 0) is 20.9 Å². The van der Waals surface area contributed by atoms with Crippen LogP contribution in [0.15, 0.2) is 42.5 Å². The quantitative estimate of drug-likeness (QED) is 0.709. The van der Waals surface area contributed by atoms with Crippen molar-refractivity contribution in [3.05, 3.63) is 48.0 Å². The van der Waals surface area contributed by atoms with E-state index in [0.717, 1.165) is 10.5 Å². The van der Waals surface area contributed by atoms with Gasteiger partial charge in [-0.2, -0.15) is 0 Å².